The average molecular weight is 259 g/mol. The smallest absolute Gasteiger partial charge is 0.219 e. The van der Waals surface area contributed by atoms with Crippen LogP contribution in [0.5, 0.6) is 0 Å². The van der Waals surface area contributed by atoms with E-state index in [0.29, 0.717) is 0 Å². The van der Waals surface area contributed by atoms with Crippen molar-refractivity contribution in [2.75, 3.05) is 6.61 Å². The molecule has 6 N–H and O–H groups in total. The highest BCUT2D eigenvalue weighted by Gasteiger charge is 2.43. The lowest BCUT2D eigenvalue weighted by molar-refractivity contribution is -0.0588. The molecule has 2 heterocycles. The van der Waals surface area contributed by atoms with Crippen LogP contribution in [0.1, 0.15) is 12.1 Å². The van der Waals surface area contributed by atoms with Crippen LogP contribution >= 0.6 is 0 Å². The SMILES string of the molecule is N/C(=N\O)c1ncn([C@@H]2O[C@H](CO)[C@@H](O)[C@H]2O)n1. The Balaban J connectivity index is 2.20. The normalized spacial score (nSPS) is 32.9. The maximum Gasteiger partial charge on any atom is 0.219 e. The molecule has 0 saturated carbocycles. The van der Waals surface area contributed by atoms with Gasteiger partial charge in [0, 0.05) is 0 Å². The lowest BCUT2D eigenvalue weighted by Gasteiger charge is -2.13. The number of amidine groups is 1. The van der Waals surface area contributed by atoms with Gasteiger partial charge in [0.05, 0.1) is 6.61 Å². The summed E-state index contributed by atoms with van der Waals surface area (Å²) in [5.74, 6) is -0.337. The summed E-state index contributed by atoms with van der Waals surface area (Å²) < 4.78 is 6.34. The third kappa shape index (κ3) is 2.01. The van der Waals surface area contributed by atoms with E-state index in [2.05, 4.69) is 15.2 Å². The van der Waals surface area contributed by atoms with Crippen LogP contribution in [0, 0.1) is 0 Å². The van der Waals surface area contributed by atoms with E-state index in [0.717, 1.165) is 4.68 Å². The van der Waals surface area contributed by atoms with Crippen LogP contribution in [-0.2, 0) is 4.74 Å². The standard InChI is InChI=1S/C8H13N5O5/c9-6(12-17)7-10-2-13(11-7)8-5(16)4(15)3(1-14)18-8/h2-5,8,14-17H,1H2,(H2,9,12)/t3-,4-,5-,8-/m1/s1. The third-order valence-electron chi connectivity index (χ3n) is 2.62. The van der Waals surface area contributed by atoms with E-state index >= 15 is 0 Å². The van der Waals surface area contributed by atoms with Crippen molar-refractivity contribution >= 4 is 5.84 Å². The van der Waals surface area contributed by atoms with Gasteiger partial charge in [-0.3, -0.25) is 0 Å². The molecule has 10 nitrogen and oxygen atoms in total. The third-order valence-corrected chi connectivity index (χ3v) is 2.62. The van der Waals surface area contributed by atoms with Crippen molar-refractivity contribution in [3.05, 3.63) is 12.2 Å². The lowest BCUT2D eigenvalue weighted by atomic mass is 10.1. The molecule has 1 aromatic rings. The van der Waals surface area contributed by atoms with Gasteiger partial charge in [0.1, 0.15) is 24.6 Å². The van der Waals surface area contributed by atoms with Crippen LogP contribution in [0.25, 0.3) is 0 Å². The second-order valence-corrected chi connectivity index (χ2v) is 3.76. The van der Waals surface area contributed by atoms with Crippen molar-refractivity contribution in [3.8, 4) is 0 Å². The summed E-state index contributed by atoms with van der Waals surface area (Å²) in [4.78, 5) is 3.74. The van der Waals surface area contributed by atoms with Gasteiger partial charge in [0.2, 0.25) is 11.7 Å². The Labute approximate surface area is 101 Å². The van der Waals surface area contributed by atoms with Crippen molar-refractivity contribution in [1.82, 2.24) is 14.8 Å². The lowest BCUT2D eigenvalue weighted by Crippen LogP contribution is -2.33. The van der Waals surface area contributed by atoms with Crippen LogP contribution < -0.4 is 5.73 Å². The molecular formula is C8H13N5O5. The summed E-state index contributed by atoms with van der Waals surface area (Å²) in [6.45, 7) is -0.434. The summed E-state index contributed by atoms with van der Waals surface area (Å²) in [5, 5.41) is 43.2. The molecule has 2 rings (SSSR count). The van der Waals surface area contributed by atoms with Gasteiger partial charge in [-0.25, -0.2) is 9.67 Å². The first-order chi connectivity index (χ1) is 8.58. The van der Waals surface area contributed by atoms with E-state index in [4.69, 9.17) is 20.8 Å². The van der Waals surface area contributed by atoms with E-state index in [1.54, 1.807) is 0 Å². The van der Waals surface area contributed by atoms with E-state index in [9.17, 15) is 10.2 Å². The van der Waals surface area contributed by atoms with Crippen LogP contribution in [0.3, 0.4) is 0 Å². The van der Waals surface area contributed by atoms with Crippen molar-refractivity contribution < 1.29 is 25.3 Å². The van der Waals surface area contributed by atoms with Gasteiger partial charge in [-0.2, -0.15) is 0 Å². The molecule has 10 heteroatoms. The molecule has 0 aromatic carbocycles. The molecule has 1 saturated heterocycles. The van der Waals surface area contributed by atoms with Gasteiger partial charge < -0.3 is 31.0 Å². The minimum Gasteiger partial charge on any atom is -0.409 e. The topological polar surface area (TPSA) is 159 Å². The van der Waals surface area contributed by atoms with E-state index in [1.165, 1.54) is 6.33 Å². The number of oxime groups is 1. The Morgan fingerprint density at radius 1 is 1.50 bits per heavy atom. The Bertz CT molecular complexity index is 449. The van der Waals surface area contributed by atoms with Crippen LogP contribution in [-0.4, -0.2) is 66.0 Å². The monoisotopic (exact) mass is 259 g/mol. The maximum atomic E-state index is 9.73. The van der Waals surface area contributed by atoms with Gasteiger partial charge >= 0.3 is 0 Å². The van der Waals surface area contributed by atoms with Crippen LogP contribution in [0.15, 0.2) is 11.5 Å². The Morgan fingerprint density at radius 2 is 2.22 bits per heavy atom. The molecule has 18 heavy (non-hydrogen) atoms. The zero-order valence-corrected chi connectivity index (χ0v) is 9.16. The van der Waals surface area contributed by atoms with E-state index in [-0.39, 0.29) is 11.7 Å². The Hall–Kier alpha value is -1.75. The highest BCUT2D eigenvalue weighted by atomic mass is 16.6. The maximum absolute atomic E-state index is 9.73. The molecule has 4 atom stereocenters. The molecule has 0 amide bonds. The van der Waals surface area contributed by atoms with Crippen LogP contribution in [0.2, 0.25) is 0 Å². The van der Waals surface area contributed by atoms with Crippen molar-refractivity contribution in [2.45, 2.75) is 24.5 Å². The van der Waals surface area contributed by atoms with Gasteiger partial charge in [0.25, 0.3) is 0 Å². The van der Waals surface area contributed by atoms with Gasteiger partial charge in [-0.15, -0.1) is 5.10 Å². The molecule has 0 radical (unpaired) electrons. The first-order valence-electron chi connectivity index (χ1n) is 5.10. The molecule has 100 valence electrons. The molecule has 0 spiro atoms. The highest BCUT2D eigenvalue weighted by Crippen LogP contribution is 2.28. The van der Waals surface area contributed by atoms with Gasteiger partial charge in [-0.05, 0) is 0 Å². The van der Waals surface area contributed by atoms with Crippen molar-refractivity contribution in [3.63, 3.8) is 0 Å². The number of aliphatic hydroxyl groups excluding tert-OH is 3. The predicted octanol–water partition coefficient (Wildman–Crippen LogP) is -3.02. The second kappa shape index (κ2) is 4.86. The molecular weight excluding hydrogens is 246 g/mol. The van der Waals surface area contributed by atoms with Crippen molar-refractivity contribution in [2.24, 2.45) is 10.9 Å². The number of nitrogens with zero attached hydrogens (tertiary/aromatic N) is 4. The Kier molecular flexibility index (Phi) is 3.43. The molecule has 1 aliphatic rings. The number of ether oxygens (including phenoxy) is 1. The average Bonchev–Trinajstić information content (AvgIpc) is 2.96. The summed E-state index contributed by atoms with van der Waals surface area (Å²) in [5.41, 5.74) is 5.29. The summed E-state index contributed by atoms with van der Waals surface area (Å²) in [7, 11) is 0. The number of rotatable bonds is 3. The van der Waals surface area contributed by atoms with Crippen LogP contribution in [0.4, 0.5) is 0 Å². The molecule has 0 aliphatic carbocycles. The fourth-order valence-electron chi connectivity index (χ4n) is 1.66. The number of aliphatic hydroxyl groups is 3. The first-order valence-corrected chi connectivity index (χ1v) is 5.10. The molecule has 0 bridgehead atoms. The van der Waals surface area contributed by atoms with Gasteiger partial charge in [0.15, 0.2) is 6.23 Å². The minimum absolute atomic E-state index is 0.0461. The minimum atomic E-state index is -1.26. The quantitative estimate of drug-likeness (QED) is 0.166. The fraction of sp³-hybridized carbons (Fsp3) is 0.625. The largest absolute Gasteiger partial charge is 0.409 e. The second-order valence-electron chi connectivity index (χ2n) is 3.76. The van der Waals surface area contributed by atoms with E-state index < -0.39 is 31.1 Å². The molecule has 0 unspecified atom stereocenters. The summed E-state index contributed by atoms with van der Waals surface area (Å²) >= 11 is 0. The summed E-state index contributed by atoms with van der Waals surface area (Å²) in [6.07, 6.45) is -3.18. The fourth-order valence-corrected chi connectivity index (χ4v) is 1.66. The molecule has 1 aromatic heterocycles. The molecule has 1 fully saturated rings. The zero-order valence-electron chi connectivity index (χ0n) is 9.16. The number of hydrogen-bond acceptors (Lipinski definition) is 8. The summed E-state index contributed by atoms with van der Waals surface area (Å²) in [6, 6.07) is 0. The van der Waals surface area contributed by atoms with E-state index in [1.807, 2.05) is 0 Å². The number of hydrogen-bond donors (Lipinski definition) is 5. The van der Waals surface area contributed by atoms with Gasteiger partial charge in [-0.1, -0.05) is 5.16 Å². The Morgan fingerprint density at radius 3 is 2.78 bits per heavy atom. The predicted molar refractivity (Wildman–Crippen MR) is 55.5 cm³/mol. The van der Waals surface area contributed by atoms with Crippen molar-refractivity contribution in [1.29, 1.82) is 0 Å². The molecule has 1 aliphatic heterocycles. The number of nitrogens with two attached hydrogens (primary N) is 1. The zero-order chi connectivity index (χ0) is 13.3. The number of aromatic nitrogens is 3. The highest BCUT2D eigenvalue weighted by molar-refractivity contribution is 5.93. The first kappa shape index (κ1) is 12.7.